The number of aliphatic hydroxyl groups is 1. The summed E-state index contributed by atoms with van der Waals surface area (Å²) in [6.07, 6.45) is -0.123. The van der Waals surface area contributed by atoms with Crippen molar-refractivity contribution < 1.29 is 14.6 Å². The predicted molar refractivity (Wildman–Crippen MR) is 103 cm³/mol. The maximum Gasteiger partial charge on any atom is 0.313 e. The number of rotatable bonds is 4. The van der Waals surface area contributed by atoms with Crippen molar-refractivity contribution in [3.05, 3.63) is 57.0 Å². The molecule has 0 radical (unpaired) electrons. The lowest BCUT2D eigenvalue weighted by atomic mass is 9.66. The number of hydrogen-bond donors (Lipinski definition) is 3. The highest BCUT2D eigenvalue weighted by Gasteiger charge is 2.51. The van der Waals surface area contributed by atoms with Gasteiger partial charge in [0, 0.05) is 23.6 Å². The Balaban J connectivity index is 2.15. The van der Waals surface area contributed by atoms with Gasteiger partial charge in [-0.2, -0.15) is 0 Å². The van der Waals surface area contributed by atoms with Gasteiger partial charge in [-0.1, -0.05) is 38.1 Å². The van der Waals surface area contributed by atoms with Gasteiger partial charge in [0.1, 0.15) is 0 Å². The number of carbonyl (C=O) groups is 1. The van der Waals surface area contributed by atoms with Crippen molar-refractivity contribution in [2.75, 3.05) is 0 Å². The largest absolute Gasteiger partial charge is 0.463 e. The highest BCUT2D eigenvalue weighted by atomic mass is 16.5. The second-order valence-electron chi connectivity index (χ2n) is 8.27. The van der Waals surface area contributed by atoms with Gasteiger partial charge >= 0.3 is 5.97 Å². The highest BCUT2D eigenvalue weighted by Crippen LogP contribution is 2.44. The van der Waals surface area contributed by atoms with Gasteiger partial charge in [0.15, 0.2) is 0 Å². The molecule has 1 aromatic carbocycles. The summed E-state index contributed by atoms with van der Waals surface area (Å²) in [5, 5.41) is 16.6. The summed E-state index contributed by atoms with van der Waals surface area (Å²) in [6, 6.07) is 7.89. The van der Waals surface area contributed by atoms with E-state index in [1.54, 1.807) is 20.8 Å². The number of nitrogens with one attached hydrogen (secondary N) is 2. The third-order valence-corrected chi connectivity index (χ3v) is 5.31. The molecule has 6 heteroatoms. The Hall–Kier alpha value is -2.34. The number of aromatic nitrogens is 2. The fraction of sp³-hybridized carbons (Fsp3) is 0.524. The van der Waals surface area contributed by atoms with Crippen molar-refractivity contribution >= 4 is 5.97 Å². The number of esters is 1. The van der Waals surface area contributed by atoms with E-state index >= 15 is 0 Å². The maximum atomic E-state index is 12.9. The summed E-state index contributed by atoms with van der Waals surface area (Å²) in [4.78, 5) is 25.4. The molecule has 6 nitrogen and oxygen atoms in total. The van der Waals surface area contributed by atoms with Crippen molar-refractivity contribution in [3.8, 4) is 0 Å². The zero-order chi connectivity index (χ0) is 19.9. The maximum absolute atomic E-state index is 12.9. The fourth-order valence-electron chi connectivity index (χ4n) is 4.01. The SMILES string of the molecule is CC(C)OC(=O)[C@@H]1[C@H](c2ccc(C(C)C)cc2)c2c([nH][nH]c2=O)C[C@]1(C)O. The lowest BCUT2D eigenvalue weighted by Crippen LogP contribution is -2.50. The number of H-pyrrole nitrogens is 2. The average molecular weight is 372 g/mol. The van der Waals surface area contributed by atoms with E-state index in [2.05, 4.69) is 24.0 Å². The number of aromatic amines is 2. The van der Waals surface area contributed by atoms with Crippen molar-refractivity contribution in [3.63, 3.8) is 0 Å². The molecule has 0 saturated heterocycles. The van der Waals surface area contributed by atoms with Crippen LogP contribution in [0.5, 0.6) is 0 Å². The lowest BCUT2D eigenvalue weighted by molar-refractivity contribution is -0.163. The van der Waals surface area contributed by atoms with E-state index < -0.39 is 23.4 Å². The summed E-state index contributed by atoms with van der Waals surface area (Å²) < 4.78 is 5.45. The monoisotopic (exact) mass is 372 g/mol. The molecule has 3 N–H and O–H groups in total. The molecule has 0 saturated carbocycles. The van der Waals surface area contributed by atoms with Gasteiger partial charge in [0.2, 0.25) is 0 Å². The van der Waals surface area contributed by atoms with E-state index in [0.717, 1.165) is 5.56 Å². The van der Waals surface area contributed by atoms with Crippen molar-refractivity contribution in [2.45, 2.75) is 64.6 Å². The first-order valence-electron chi connectivity index (χ1n) is 9.44. The Morgan fingerprint density at radius 3 is 2.37 bits per heavy atom. The number of hydrogen-bond acceptors (Lipinski definition) is 4. The Kier molecular flexibility index (Phi) is 5.04. The van der Waals surface area contributed by atoms with Crippen LogP contribution < -0.4 is 5.56 Å². The van der Waals surface area contributed by atoms with Crippen LogP contribution in [0, 0.1) is 5.92 Å². The van der Waals surface area contributed by atoms with Crippen LogP contribution in [0.3, 0.4) is 0 Å². The third-order valence-electron chi connectivity index (χ3n) is 5.31. The molecule has 3 rings (SSSR count). The van der Waals surface area contributed by atoms with E-state index in [4.69, 9.17) is 4.74 Å². The second kappa shape index (κ2) is 7.00. The smallest absolute Gasteiger partial charge is 0.313 e. The van der Waals surface area contributed by atoms with Crippen LogP contribution >= 0.6 is 0 Å². The van der Waals surface area contributed by atoms with E-state index in [-0.39, 0.29) is 18.1 Å². The fourth-order valence-corrected chi connectivity index (χ4v) is 4.01. The molecule has 0 unspecified atom stereocenters. The first kappa shape index (κ1) is 19.4. The van der Waals surface area contributed by atoms with Gasteiger partial charge in [-0.3, -0.25) is 14.7 Å². The Labute approximate surface area is 158 Å². The van der Waals surface area contributed by atoms with Gasteiger partial charge in [0.05, 0.1) is 17.6 Å². The van der Waals surface area contributed by atoms with Crippen LogP contribution in [-0.4, -0.2) is 33.0 Å². The van der Waals surface area contributed by atoms with Crippen LogP contribution in [0.15, 0.2) is 29.1 Å². The molecule has 1 aromatic heterocycles. The van der Waals surface area contributed by atoms with Crippen LogP contribution in [-0.2, 0) is 16.0 Å². The standard InChI is InChI=1S/C21H28N2O4/c1-11(2)13-6-8-14(9-7-13)16-17-15(22-23-19(17)24)10-21(5,26)18(16)20(25)27-12(3)4/h6-9,11-12,16,18,26H,10H2,1-5H3,(H2,22,23,24)/t16-,18+,21+/m1/s1. The van der Waals surface area contributed by atoms with E-state index in [0.29, 0.717) is 17.2 Å². The van der Waals surface area contributed by atoms with Gasteiger partial charge in [-0.25, -0.2) is 0 Å². The average Bonchev–Trinajstić information content (AvgIpc) is 2.92. The second-order valence-corrected chi connectivity index (χ2v) is 8.27. The number of ether oxygens (including phenoxy) is 1. The zero-order valence-electron chi connectivity index (χ0n) is 16.5. The molecule has 1 aliphatic rings. The third kappa shape index (κ3) is 3.58. The molecule has 0 fully saturated rings. The van der Waals surface area contributed by atoms with Crippen molar-refractivity contribution in [2.24, 2.45) is 5.92 Å². The van der Waals surface area contributed by atoms with Crippen molar-refractivity contribution in [1.29, 1.82) is 0 Å². The molecule has 0 bridgehead atoms. The Morgan fingerprint density at radius 2 is 1.81 bits per heavy atom. The quantitative estimate of drug-likeness (QED) is 0.719. The van der Waals surface area contributed by atoms with Crippen LogP contribution in [0.1, 0.15) is 68.8 Å². The molecule has 3 atom stereocenters. The summed E-state index contributed by atoms with van der Waals surface area (Å²) in [7, 11) is 0. The van der Waals surface area contributed by atoms with Crippen LogP contribution in [0.2, 0.25) is 0 Å². The molecule has 146 valence electrons. The van der Waals surface area contributed by atoms with Crippen molar-refractivity contribution in [1.82, 2.24) is 10.2 Å². The first-order valence-corrected chi connectivity index (χ1v) is 9.44. The van der Waals surface area contributed by atoms with Crippen LogP contribution in [0.4, 0.5) is 0 Å². The van der Waals surface area contributed by atoms with E-state index in [1.807, 2.05) is 24.3 Å². The highest BCUT2D eigenvalue weighted by molar-refractivity contribution is 5.77. The minimum Gasteiger partial charge on any atom is -0.463 e. The molecule has 1 aliphatic carbocycles. The summed E-state index contributed by atoms with van der Waals surface area (Å²) in [5.74, 6) is -1.55. The van der Waals surface area contributed by atoms with Gasteiger partial charge in [-0.15, -0.1) is 0 Å². The topological polar surface area (TPSA) is 95.2 Å². The molecule has 0 spiro atoms. The summed E-state index contributed by atoms with van der Waals surface area (Å²) in [6.45, 7) is 9.40. The van der Waals surface area contributed by atoms with Gasteiger partial charge in [0.25, 0.3) is 5.56 Å². The first-order chi connectivity index (χ1) is 12.6. The Bertz CT molecular complexity index is 874. The molecule has 27 heavy (non-hydrogen) atoms. The predicted octanol–water partition coefficient (Wildman–Crippen LogP) is 2.83. The molecule has 0 amide bonds. The molecular formula is C21H28N2O4. The molecular weight excluding hydrogens is 344 g/mol. The lowest BCUT2D eigenvalue weighted by Gasteiger charge is -2.40. The number of fused-ring (bicyclic) bond motifs is 1. The van der Waals surface area contributed by atoms with Gasteiger partial charge < -0.3 is 14.9 Å². The molecule has 0 aliphatic heterocycles. The van der Waals surface area contributed by atoms with E-state index in [9.17, 15) is 14.7 Å². The van der Waals surface area contributed by atoms with Crippen LogP contribution in [0.25, 0.3) is 0 Å². The Morgan fingerprint density at radius 1 is 1.19 bits per heavy atom. The number of carbonyl (C=O) groups excluding carboxylic acids is 1. The number of benzene rings is 1. The minimum atomic E-state index is -1.34. The molecule has 1 heterocycles. The van der Waals surface area contributed by atoms with Gasteiger partial charge in [-0.05, 0) is 37.8 Å². The minimum absolute atomic E-state index is 0.180. The molecule has 2 aromatic rings. The van der Waals surface area contributed by atoms with E-state index in [1.165, 1.54) is 5.56 Å². The normalized spacial score (nSPS) is 24.9. The summed E-state index contributed by atoms with van der Waals surface area (Å²) >= 11 is 0. The zero-order valence-corrected chi connectivity index (χ0v) is 16.5. The summed E-state index contributed by atoms with van der Waals surface area (Å²) in [5.41, 5.74) is 1.52.